The maximum absolute atomic E-state index is 12.5. The van der Waals surface area contributed by atoms with Crippen LogP contribution in [-0.2, 0) is 17.8 Å². The number of anilines is 1. The van der Waals surface area contributed by atoms with Gasteiger partial charge in [0.1, 0.15) is 5.82 Å². The molecule has 2 saturated carbocycles. The van der Waals surface area contributed by atoms with Crippen LogP contribution in [0.3, 0.4) is 0 Å². The fourth-order valence-electron chi connectivity index (χ4n) is 4.26. The van der Waals surface area contributed by atoms with Crippen molar-refractivity contribution in [3.8, 4) is 0 Å². The summed E-state index contributed by atoms with van der Waals surface area (Å²) < 4.78 is 7.15. The Bertz CT molecular complexity index is 884. The summed E-state index contributed by atoms with van der Waals surface area (Å²) in [6.45, 7) is 1.20. The minimum atomic E-state index is 0.000560. The van der Waals surface area contributed by atoms with E-state index in [9.17, 15) is 4.79 Å². The van der Waals surface area contributed by atoms with Crippen molar-refractivity contribution in [3.05, 3.63) is 45.8 Å². The van der Waals surface area contributed by atoms with E-state index in [0.717, 1.165) is 54.9 Å². The minimum Gasteiger partial charge on any atom is -0.376 e. The summed E-state index contributed by atoms with van der Waals surface area (Å²) in [5.41, 5.74) is 3.10. The Morgan fingerprint density at radius 3 is 2.70 bits per heavy atom. The predicted molar refractivity (Wildman–Crippen MR) is 101 cm³/mol. The van der Waals surface area contributed by atoms with Gasteiger partial charge in [-0.2, -0.15) is 5.10 Å². The van der Waals surface area contributed by atoms with Gasteiger partial charge in [0, 0.05) is 42.4 Å². The van der Waals surface area contributed by atoms with E-state index in [1.807, 2.05) is 0 Å². The molecule has 0 spiro atoms. The Kier molecular flexibility index (Phi) is 4.39. The molecule has 7 nitrogen and oxygen atoms in total. The molecule has 0 bridgehead atoms. The average Bonchev–Trinajstić information content (AvgIpc) is 3.54. The number of nitrogens with zero attached hydrogens (tertiary/aromatic N) is 4. The molecular weight excluding hydrogens is 342 g/mol. The molecule has 0 aromatic carbocycles. The van der Waals surface area contributed by atoms with Gasteiger partial charge in [0.05, 0.1) is 30.6 Å². The largest absolute Gasteiger partial charge is 0.376 e. The minimum absolute atomic E-state index is 0.000560. The second-order valence-corrected chi connectivity index (χ2v) is 7.92. The molecule has 142 valence electrons. The lowest BCUT2D eigenvalue weighted by atomic mass is 9.91. The van der Waals surface area contributed by atoms with Gasteiger partial charge in [-0.1, -0.05) is 0 Å². The van der Waals surface area contributed by atoms with Crippen LogP contribution in [0.15, 0.2) is 23.3 Å². The molecule has 0 unspecified atom stereocenters. The Morgan fingerprint density at radius 1 is 1.07 bits per heavy atom. The smallest absolute Gasteiger partial charge is 0.267 e. The van der Waals surface area contributed by atoms with E-state index >= 15 is 0 Å². The van der Waals surface area contributed by atoms with Crippen molar-refractivity contribution in [1.29, 1.82) is 0 Å². The van der Waals surface area contributed by atoms with Crippen molar-refractivity contribution in [2.75, 3.05) is 11.9 Å². The molecule has 0 radical (unpaired) electrons. The third kappa shape index (κ3) is 3.48. The molecule has 1 aliphatic heterocycles. The first kappa shape index (κ1) is 16.9. The third-order valence-corrected chi connectivity index (χ3v) is 5.94. The first-order chi connectivity index (χ1) is 13.3. The summed E-state index contributed by atoms with van der Waals surface area (Å²) in [6.07, 6.45) is 10.7. The average molecular weight is 367 g/mol. The standard InChI is InChI=1S/C20H25N5O2/c26-18-11-14-12-27-10-7-17(14)24-25(18)16-5-3-15(4-6-16)23-20-19(13-1-2-13)21-8-9-22-20/h8-9,11,13,15-16H,1-7,10,12H2,(H,22,23). The van der Waals surface area contributed by atoms with E-state index in [4.69, 9.17) is 4.74 Å². The van der Waals surface area contributed by atoms with E-state index < -0.39 is 0 Å². The van der Waals surface area contributed by atoms with Crippen LogP contribution in [-0.4, -0.2) is 32.4 Å². The van der Waals surface area contributed by atoms with Crippen LogP contribution in [0, 0.1) is 0 Å². The van der Waals surface area contributed by atoms with Gasteiger partial charge in [-0.3, -0.25) is 9.78 Å². The normalized spacial score (nSPS) is 25.0. The van der Waals surface area contributed by atoms with Gasteiger partial charge >= 0.3 is 0 Å². The molecule has 1 N–H and O–H groups in total. The molecule has 2 aromatic heterocycles. The van der Waals surface area contributed by atoms with Crippen molar-refractivity contribution in [2.24, 2.45) is 0 Å². The molecule has 7 heteroatoms. The van der Waals surface area contributed by atoms with Crippen LogP contribution in [0.1, 0.15) is 67.4 Å². The summed E-state index contributed by atoms with van der Waals surface area (Å²) in [5.74, 6) is 1.53. The van der Waals surface area contributed by atoms with E-state index in [1.165, 1.54) is 12.8 Å². The van der Waals surface area contributed by atoms with Gasteiger partial charge in [-0.15, -0.1) is 0 Å². The molecule has 27 heavy (non-hydrogen) atoms. The van der Waals surface area contributed by atoms with Gasteiger partial charge in [-0.05, 0) is 38.5 Å². The maximum Gasteiger partial charge on any atom is 0.267 e. The number of ether oxygens (including phenoxy) is 1. The third-order valence-electron chi connectivity index (χ3n) is 5.94. The predicted octanol–water partition coefficient (Wildman–Crippen LogP) is 2.58. The molecule has 0 saturated heterocycles. The zero-order chi connectivity index (χ0) is 18.2. The number of rotatable bonds is 4. The molecular formula is C20H25N5O2. The fraction of sp³-hybridized carbons (Fsp3) is 0.600. The highest BCUT2D eigenvalue weighted by Gasteiger charge is 2.30. The van der Waals surface area contributed by atoms with Crippen molar-refractivity contribution >= 4 is 5.82 Å². The summed E-state index contributed by atoms with van der Waals surface area (Å²) in [6, 6.07) is 2.29. The Balaban J connectivity index is 1.26. The van der Waals surface area contributed by atoms with E-state index in [1.54, 1.807) is 23.1 Å². The van der Waals surface area contributed by atoms with Crippen LogP contribution < -0.4 is 10.9 Å². The van der Waals surface area contributed by atoms with E-state index in [2.05, 4.69) is 20.4 Å². The second-order valence-electron chi connectivity index (χ2n) is 7.92. The number of aromatic nitrogens is 4. The van der Waals surface area contributed by atoms with Gasteiger partial charge in [0.2, 0.25) is 0 Å². The maximum atomic E-state index is 12.5. The molecule has 0 atom stereocenters. The molecule has 2 aromatic rings. The highest BCUT2D eigenvalue weighted by molar-refractivity contribution is 5.44. The summed E-state index contributed by atoms with van der Waals surface area (Å²) in [5, 5.41) is 8.28. The molecule has 2 aliphatic carbocycles. The topological polar surface area (TPSA) is 81.9 Å². The van der Waals surface area contributed by atoms with Gasteiger partial charge in [0.15, 0.2) is 0 Å². The first-order valence-corrected chi connectivity index (χ1v) is 10.0. The number of hydrogen-bond acceptors (Lipinski definition) is 6. The molecule has 0 amide bonds. The molecule has 3 heterocycles. The fourth-order valence-corrected chi connectivity index (χ4v) is 4.26. The lowest BCUT2D eigenvalue weighted by Gasteiger charge is -2.30. The van der Waals surface area contributed by atoms with Crippen molar-refractivity contribution < 1.29 is 4.74 Å². The highest BCUT2D eigenvalue weighted by atomic mass is 16.5. The summed E-state index contributed by atoms with van der Waals surface area (Å²) in [7, 11) is 0. The van der Waals surface area contributed by atoms with Crippen molar-refractivity contribution in [3.63, 3.8) is 0 Å². The zero-order valence-electron chi connectivity index (χ0n) is 15.4. The monoisotopic (exact) mass is 367 g/mol. The number of nitrogens with one attached hydrogen (secondary N) is 1. The van der Waals surface area contributed by atoms with Crippen LogP contribution in [0.5, 0.6) is 0 Å². The SMILES string of the molecule is O=c1cc2c(nn1C1CCC(Nc3nccnc3C3CC3)CC1)CCOC2. The lowest BCUT2D eigenvalue weighted by Crippen LogP contribution is -2.35. The quantitative estimate of drug-likeness (QED) is 0.894. The Morgan fingerprint density at radius 2 is 1.89 bits per heavy atom. The van der Waals surface area contributed by atoms with Gasteiger partial charge in [0.25, 0.3) is 5.56 Å². The Hall–Kier alpha value is -2.28. The zero-order valence-corrected chi connectivity index (χ0v) is 15.4. The number of fused-ring (bicyclic) bond motifs is 1. The second kappa shape index (κ2) is 7.03. The van der Waals surface area contributed by atoms with Crippen LogP contribution in [0.4, 0.5) is 5.82 Å². The van der Waals surface area contributed by atoms with Gasteiger partial charge in [-0.25, -0.2) is 9.67 Å². The summed E-state index contributed by atoms with van der Waals surface area (Å²) >= 11 is 0. The molecule has 5 rings (SSSR count). The van der Waals surface area contributed by atoms with E-state index in [0.29, 0.717) is 25.2 Å². The summed E-state index contributed by atoms with van der Waals surface area (Å²) in [4.78, 5) is 21.6. The van der Waals surface area contributed by atoms with Gasteiger partial charge < -0.3 is 10.1 Å². The first-order valence-electron chi connectivity index (χ1n) is 10.0. The number of hydrogen-bond donors (Lipinski definition) is 1. The van der Waals surface area contributed by atoms with Crippen LogP contribution >= 0.6 is 0 Å². The lowest BCUT2D eigenvalue weighted by molar-refractivity contribution is 0.107. The Labute approximate surface area is 158 Å². The van der Waals surface area contributed by atoms with E-state index in [-0.39, 0.29) is 11.6 Å². The van der Waals surface area contributed by atoms with Crippen LogP contribution in [0.2, 0.25) is 0 Å². The molecule has 3 aliphatic rings. The van der Waals surface area contributed by atoms with Crippen molar-refractivity contribution in [1.82, 2.24) is 19.7 Å². The highest BCUT2D eigenvalue weighted by Crippen LogP contribution is 2.42. The molecule has 2 fully saturated rings. The van der Waals surface area contributed by atoms with Crippen molar-refractivity contribution in [2.45, 2.75) is 69.6 Å². The van der Waals surface area contributed by atoms with Crippen LogP contribution in [0.25, 0.3) is 0 Å².